The highest BCUT2D eigenvalue weighted by Crippen LogP contribution is 2.12. The standard InChI is InChI=1S/C14H30N2O2/c1-6-11(7-2)12(17)10-15-13(18)8-9-16-14(3,4)5/h11-12,16-17H,6-10H2,1-5H3,(H,15,18). The van der Waals surface area contributed by atoms with Crippen molar-refractivity contribution in [1.82, 2.24) is 10.6 Å². The van der Waals surface area contributed by atoms with Crippen molar-refractivity contribution in [3.63, 3.8) is 0 Å². The number of carbonyl (C=O) groups excluding carboxylic acids is 1. The number of aliphatic hydroxyl groups excluding tert-OH is 1. The highest BCUT2D eigenvalue weighted by Gasteiger charge is 2.16. The zero-order chi connectivity index (χ0) is 14.2. The fourth-order valence-electron chi connectivity index (χ4n) is 1.86. The summed E-state index contributed by atoms with van der Waals surface area (Å²) in [5, 5.41) is 15.9. The summed E-state index contributed by atoms with van der Waals surface area (Å²) in [4.78, 5) is 11.6. The summed E-state index contributed by atoms with van der Waals surface area (Å²) in [5.41, 5.74) is 0.0370. The van der Waals surface area contributed by atoms with Crippen molar-refractivity contribution >= 4 is 5.91 Å². The third-order valence-corrected chi connectivity index (χ3v) is 3.11. The van der Waals surface area contributed by atoms with Crippen molar-refractivity contribution in [2.45, 2.75) is 65.5 Å². The van der Waals surface area contributed by atoms with Gasteiger partial charge in [-0.15, -0.1) is 0 Å². The zero-order valence-corrected chi connectivity index (χ0v) is 12.5. The van der Waals surface area contributed by atoms with Crippen LogP contribution in [0.25, 0.3) is 0 Å². The second-order valence-electron chi connectivity index (χ2n) is 5.87. The van der Waals surface area contributed by atoms with Gasteiger partial charge < -0.3 is 15.7 Å². The molecule has 108 valence electrons. The Labute approximate surface area is 112 Å². The molecule has 4 heteroatoms. The van der Waals surface area contributed by atoms with Crippen molar-refractivity contribution < 1.29 is 9.90 Å². The van der Waals surface area contributed by atoms with Gasteiger partial charge >= 0.3 is 0 Å². The Balaban J connectivity index is 3.76. The number of rotatable bonds is 8. The van der Waals surface area contributed by atoms with E-state index in [2.05, 4.69) is 45.3 Å². The van der Waals surface area contributed by atoms with Gasteiger partial charge in [0.1, 0.15) is 0 Å². The molecule has 0 aliphatic heterocycles. The molecule has 18 heavy (non-hydrogen) atoms. The number of carbonyl (C=O) groups is 1. The minimum Gasteiger partial charge on any atom is -0.391 e. The van der Waals surface area contributed by atoms with Gasteiger partial charge in [-0.1, -0.05) is 26.7 Å². The zero-order valence-electron chi connectivity index (χ0n) is 12.5. The molecule has 0 aromatic rings. The van der Waals surface area contributed by atoms with Crippen LogP contribution in [0.1, 0.15) is 53.9 Å². The summed E-state index contributed by atoms with van der Waals surface area (Å²) >= 11 is 0. The van der Waals surface area contributed by atoms with Gasteiger partial charge in [-0.25, -0.2) is 0 Å². The van der Waals surface area contributed by atoms with Crippen LogP contribution < -0.4 is 10.6 Å². The van der Waals surface area contributed by atoms with E-state index in [0.717, 1.165) is 12.8 Å². The Hall–Kier alpha value is -0.610. The molecule has 1 atom stereocenters. The predicted molar refractivity (Wildman–Crippen MR) is 75.5 cm³/mol. The second-order valence-corrected chi connectivity index (χ2v) is 5.87. The van der Waals surface area contributed by atoms with E-state index in [1.807, 2.05) is 0 Å². The van der Waals surface area contributed by atoms with Crippen LogP contribution in [0.15, 0.2) is 0 Å². The Bertz CT molecular complexity index is 232. The number of nitrogens with one attached hydrogen (secondary N) is 2. The third-order valence-electron chi connectivity index (χ3n) is 3.11. The fourth-order valence-corrected chi connectivity index (χ4v) is 1.86. The lowest BCUT2D eigenvalue weighted by molar-refractivity contribution is -0.121. The van der Waals surface area contributed by atoms with Crippen molar-refractivity contribution in [3.05, 3.63) is 0 Å². The average molecular weight is 258 g/mol. The van der Waals surface area contributed by atoms with Gasteiger partial charge in [0.25, 0.3) is 0 Å². The average Bonchev–Trinajstić information content (AvgIpc) is 2.26. The molecule has 0 rings (SSSR count). The lowest BCUT2D eigenvalue weighted by Crippen LogP contribution is -2.40. The molecule has 0 aromatic heterocycles. The van der Waals surface area contributed by atoms with E-state index < -0.39 is 6.10 Å². The molecule has 1 unspecified atom stereocenters. The van der Waals surface area contributed by atoms with Crippen LogP contribution in [-0.4, -0.2) is 35.7 Å². The smallest absolute Gasteiger partial charge is 0.221 e. The van der Waals surface area contributed by atoms with Crippen molar-refractivity contribution in [1.29, 1.82) is 0 Å². The molecule has 3 N–H and O–H groups in total. The van der Waals surface area contributed by atoms with E-state index in [9.17, 15) is 9.90 Å². The molecule has 0 heterocycles. The van der Waals surface area contributed by atoms with Crippen LogP contribution >= 0.6 is 0 Å². The van der Waals surface area contributed by atoms with E-state index in [-0.39, 0.29) is 17.4 Å². The summed E-state index contributed by atoms with van der Waals surface area (Å²) in [6.45, 7) is 11.4. The molecule has 0 aromatic carbocycles. The Morgan fingerprint density at radius 2 is 1.78 bits per heavy atom. The highest BCUT2D eigenvalue weighted by molar-refractivity contribution is 5.76. The SMILES string of the molecule is CCC(CC)C(O)CNC(=O)CCNC(C)(C)C. The minimum absolute atomic E-state index is 0.00300. The van der Waals surface area contributed by atoms with Crippen LogP contribution in [0.4, 0.5) is 0 Å². The monoisotopic (exact) mass is 258 g/mol. The fraction of sp³-hybridized carbons (Fsp3) is 0.929. The van der Waals surface area contributed by atoms with E-state index in [1.165, 1.54) is 0 Å². The topological polar surface area (TPSA) is 61.4 Å². The first-order valence-electron chi connectivity index (χ1n) is 7.00. The Kier molecular flexibility index (Phi) is 8.20. The lowest BCUT2D eigenvalue weighted by Gasteiger charge is -2.21. The minimum atomic E-state index is -0.431. The van der Waals surface area contributed by atoms with Gasteiger partial charge in [-0.05, 0) is 26.7 Å². The number of hydrogen-bond acceptors (Lipinski definition) is 3. The van der Waals surface area contributed by atoms with E-state index in [0.29, 0.717) is 19.5 Å². The number of hydrogen-bond donors (Lipinski definition) is 3. The van der Waals surface area contributed by atoms with Crippen LogP contribution in [-0.2, 0) is 4.79 Å². The van der Waals surface area contributed by atoms with E-state index >= 15 is 0 Å². The van der Waals surface area contributed by atoms with Crippen molar-refractivity contribution in [3.8, 4) is 0 Å². The number of aliphatic hydroxyl groups is 1. The van der Waals surface area contributed by atoms with Crippen molar-refractivity contribution in [2.24, 2.45) is 5.92 Å². The molecule has 0 fully saturated rings. The number of amides is 1. The maximum atomic E-state index is 11.6. The molecule has 0 aliphatic rings. The van der Waals surface area contributed by atoms with E-state index in [4.69, 9.17) is 0 Å². The maximum absolute atomic E-state index is 11.6. The summed E-state index contributed by atoms with van der Waals surface area (Å²) in [7, 11) is 0. The molecular formula is C14H30N2O2. The summed E-state index contributed by atoms with van der Waals surface area (Å²) < 4.78 is 0. The van der Waals surface area contributed by atoms with Crippen LogP contribution in [0, 0.1) is 5.92 Å². The van der Waals surface area contributed by atoms with Crippen LogP contribution in [0.2, 0.25) is 0 Å². The van der Waals surface area contributed by atoms with Gasteiger partial charge in [0.05, 0.1) is 6.10 Å². The first-order chi connectivity index (χ1) is 8.30. The molecule has 0 bridgehead atoms. The second kappa shape index (κ2) is 8.48. The molecular weight excluding hydrogens is 228 g/mol. The van der Waals surface area contributed by atoms with E-state index in [1.54, 1.807) is 0 Å². The van der Waals surface area contributed by atoms with Crippen LogP contribution in [0.5, 0.6) is 0 Å². The predicted octanol–water partition coefficient (Wildman–Crippen LogP) is 1.68. The maximum Gasteiger partial charge on any atom is 0.221 e. The summed E-state index contributed by atoms with van der Waals surface area (Å²) in [6.07, 6.45) is 1.91. The van der Waals surface area contributed by atoms with Crippen molar-refractivity contribution in [2.75, 3.05) is 13.1 Å². The van der Waals surface area contributed by atoms with Gasteiger partial charge in [-0.2, -0.15) is 0 Å². The first kappa shape index (κ1) is 17.4. The molecule has 4 nitrogen and oxygen atoms in total. The molecule has 0 spiro atoms. The van der Waals surface area contributed by atoms with Gasteiger partial charge in [0, 0.05) is 25.0 Å². The third kappa shape index (κ3) is 8.48. The first-order valence-corrected chi connectivity index (χ1v) is 7.00. The molecule has 0 radical (unpaired) electrons. The van der Waals surface area contributed by atoms with Gasteiger partial charge in [-0.3, -0.25) is 4.79 Å². The van der Waals surface area contributed by atoms with Gasteiger partial charge in [0.15, 0.2) is 0 Å². The molecule has 1 amide bonds. The lowest BCUT2D eigenvalue weighted by atomic mass is 9.96. The molecule has 0 saturated carbocycles. The van der Waals surface area contributed by atoms with Crippen LogP contribution in [0.3, 0.4) is 0 Å². The largest absolute Gasteiger partial charge is 0.391 e. The highest BCUT2D eigenvalue weighted by atomic mass is 16.3. The quantitative estimate of drug-likeness (QED) is 0.621. The normalized spacial score (nSPS) is 13.7. The Morgan fingerprint density at radius 3 is 2.22 bits per heavy atom. The molecule has 0 aliphatic carbocycles. The van der Waals surface area contributed by atoms with Gasteiger partial charge in [0.2, 0.25) is 5.91 Å². The summed E-state index contributed by atoms with van der Waals surface area (Å²) in [6, 6.07) is 0. The summed E-state index contributed by atoms with van der Waals surface area (Å²) in [5.74, 6) is 0.273. The Morgan fingerprint density at radius 1 is 1.22 bits per heavy atom. The molecule has 0 saturated heterocycles.